The van der Waals surface area contributed by atoms with Crippen LogP contribution in [0.15, 0.2) is 17.2 Å². The second-order valence-corrected chi connectivity index (χ2v) is 5.06. The van der Waals surface area contributed by atoms with Crippen molar-refractivity contribution < 1.29 is 9.53 Å². The number of hydrogen-bond donors (Lipinski definition) is 0. The van der Waals surface area contributed by atoms with Gasteiger partial charge >= 0.3 is 5.97 Å². The summed E-state index contributed by atoms with van der Waals surface area (Å²) >= 11 is 1.51. The Balaban J connectivity index is 2.57. The van der Waals surface area contributed by atoms with E-state index >= 15 is 0 Å². The number of methoxy groups -OCH3 is 1. The van der Waals surface area contributed by atoms with Crippen LogP contribution in [0.2, 0.25) is 0 Å². The molecule has 2 aromatic heterocycles. The Labute approximate surface area is 108 Å². The highest BCUT2D eigenvalue weighted by Crippen LogP contribution is 2.21. The van der Waals surface area contributed by atoms with Crippen molar-refractivity contribution >= 4 is 27.5 Å². The zero-order valence-electron chi connectivity index (χ0n) is 10.5. The van der Waals surface area contributed by atoms with E-state index in [2.05, 4.69) is 9.72 Å². The first kappa shape index (κ1) is 12.8. The van der Waals surface area contributed by atoms with Gasteiger partial charge in [0.25, 0.3) is 5.56 Å². The average Bonchev–Trinajstić information content (AvgIpc) is 2.81. The molecule has 18 heavy (non-hydrogen) atoms. The number of thiophene rings is 1. The molecule has 0 aliphatic rings. The maximum atomic E-state index is 12.2. The van der Waals surface area contributed by atoms with Gasteiger partial charge in [-0.25, -0.2) is 9.78 Å². The summed E-state index contributed by atoms with van der Waals surface area (Å²) in [6.45, 7) is 3.65. The van der Waals surface area contributed by atoms with Gasteiger partial charge in [0, 0.05) is 4.88 Å². The van der Waals surface area contributed by atoms with Crippen molar-refractivity contribution in [2.24, 2.45) is 0 Å². The fourth-order valence-corrected chi connectivity index (χ4v) is 2.65. The summed E-state index contributed by atoms with van der Waals surface area (Å²) in [6, 6.07) is 1.18. The van der Waals surface area contributed by atoms with Crippen molar-refractivity contribution in [3.8, 4) is 0 Å². The lowest BCUT2D eigenvalue weighted by Crippen LogP contribution is -2.28. The Hall–Kier alpha value is -1.69. The molecule has 5 nitrogen and oxygen atoms in total. The van der Waals surface area contributed by atoms with E-state index in [9.17, 15) is 9.59 Å². The lowest BCUT2D eigenvalue weighted by molar-refractivity contribution is -0.144. The van der Waals surface area contributed by atoms with E-state index in [1.807, 2.05) is 13.0 Å². The van der Waals surface area contributed by atoms with Crippen LogP contribution in [0, 0.1) is 0 Å². The highest BCUT2D eigenvalue weighted by atomic mass is 32.1. The van der Waals surface area contributed by atoms with Gasteiger partial charge in [-0.2, -0.15) is 0 Å². The predicted octanol–water partition coefficient (Wildman–Crippen LogP) is 1.75. The van der Waals surface area contributed by atoms with Crippen molar-refractivity contribution in [3.63, 3.8) is 0 Å². The van der Waals surface area contributed by atoms with Gasteiger partial charge in [0.05, 0.1) is 18.8 Å². The van der Waals surface area contributed by atoms with E-state index in [0.717, 1.165) is 11.3 Å². The molecule has 0 aliphatic heterocycles. The third-order valence-corrected chi connectivity index (χ3v) is 4.02. The van der Waals surface area contributed by atoms with Crippen LogP contribution in [-0.2, 0) is 16.0 Å². The molecule has 96 valence electrons. The number of esters is 1. The number of aryl methyl sites for hydroxylation is 1. The minimum absolute atomic E-state index is 0.200. The van der Waals surface area contributed by atoms with Crippen LogP contribution in [0.4, 0.5) is 0 Å². The Morgan fingerprint density at radius 1 is 1.61 bits per heavy atom. The number of rotatable bonds is 3. The second kappa shape index (κ2) is 4.89. The predicted molar refractivity (Wildman–Crippen MR) is 70.0 cm³/mol. The van der Waals surface area contributed by atoms with Crippen LogP contribution < -0.4 is 5.56 Å². The monoisotopic (exact) mass is 266 g/mol. The standard InChI is InChI=1S/C12H14N2O3S/c1-4-8-5-9-10(18-8)13-6-14(11(9)15)7(2)12(16)17-3/h5-7H,4H2,1-3H3/t7-/m1/s1. The number of hydrogen-bond acceptors (Lipinski definition) is 5. The number of carbonyl (C=O) groups excluding carboxylic acids is 1. The van der Waals surface area contributed by atoms with Gasteiger partial charge in [-0.15, -0.1) is 11.3 Å². The fraction of sp³-hybridized carbons (Fsp3) is 0.417. The van der Waals surface area contributed by atoms with E-state index in [4.69, 9.17) is 0 Å². The molecule has 0 aliphatic carbocycles. The van der Waals surface area contributed by atoms with Crippen molar-refractivity contribution in [1.82, 2.24) is 9.55 Å². The number of ether oxygens (including phenoxy) is 1. The summed E-state index contributed by atoms with van der Waals surface area (Å²) < 4.78 is 5.94. The average molecular weight is 266 g/mol. The molecule has 0 N–H and O–H groups in total. The first-order valence-electron chi connectivity index (χ1n) is 5.65. The molecule has 0 saturated heterocycles. The smallest absolute Gasteiger partial charge is 0.328 e. The molecule has 2 rings (SSSR count). The molecule has 0 fully saturated rings. The van der Waals surface area contributed by atoms with Crippen molar-refractivity contribution in [3.05, 3.63) is 27.6 Å². The maximum Gasteiger partial charge on any atom is 0.328 e. The summed E-state index contributed by atoms with van der Waals surface area (Å²) in [5.74, 6) is -0.454. The molecule has 0 radical (unpaired) electrons. The first-order chi connectivity index (χ1) is 8.58. The molecule has 0 aromatic carbocycles. The first-order valence-corrected chi connectivity index (χ1v) is 6.47. The van der Waals surface area contributed by atoms with Gasteiger partial charge in [-0.3, -0.25) is 9.36 Å². The van der Waals surface area contributed by atoms with Crippen molar-refractivity contribution in [1.29, 1.82) is 0 Å². The SMILES string of the molecule is CCc1cc2c(=O)n([C@H](C)C(=O)OC)cnc2s1. The summed E-state index contributed by atoms with van der Waals surface area (Å²) in [7, 11) is 1.30. The minimum atomic E-state index is -0.663. The van der Waals surface area contributed by atoms with Gasteiger partial charge in [-0.05, 0) is 19.4 Å². The summed E-state index contributed by atoms with van der Waals surface area (Å²) in [4.78, 5) is 29.7. The van der Waals surface area contributed by atoms with Crippen LogP contribution in [0.25, 0.3) is 10.2 Å². The van der Waals surface area contributed by atoms with E-state index < -0.39 is 12.0 Å². The normalized spacial score (nSPS) is 12.6. The Kier molecular flexibility index (Phi) is 3.47. The van der Waals surface area contributed by atoms with Crippen molar-refractivity contribution in [2.45, 2.75) is 26.3 Å². The number of carbonyl (C=O) groups is 1. The molecule has 0 saturated carbocycles. The highest BCUT2D eigenvalue weighted by Gasteiger charge is 2.18. The van der Waals surface area contributed by atoms with E-state index in [-0.39, 0.29) is 5.56 Å². The topological polar surface area (TPSA) is 61.2 Å². The van der Waals surface area contributed by atoms with Gasteiger partial charge in [0.2, 0.25) is 0 Å². The molecular formula is C12H14N2O3S. The molecule has 2 heterocycles. The third-order valence-electron chi connectivity index (χ3n) is 2.84. The summed E-state index contributed by atoms with van der Waals surface area (Å²) in [5.41, 5.74) is -0.200. The highest BCUT2D eigenvalue weighted by molar-refractivity contribution is 7.18. The molecule has 0 bridgehead atoms. The second-order valence-electron chi connectivity index (χ2n) is 3.94. The molecule has 6 heteroatoms. The van der Waals surface area contributed by atoms with E-state index in [0.29, 0.717) is 10.2 Å². The quantitative estimate of drug-likeness (QED) is 0.794. The Morgan fingerprint density at radius 3 is 2.94 bits per heavy atom. The molecule has 2 aromatic rings. The number of aromatic nitrogens is 2. The van der Waals surface area contributed by atoms with Gasteiger partial charge in [0.1, 0.15) is 10.9 Å². The fourth-order valence-electron chi connectivity index (χ4n) is 1.72. The number of fused-ring (bicyclic) bond motifs is 1. The summed E-state index contributed by atoms with van der Waals surface area (Å²) in [6.07, 6.45) is 2.27. The molecule has 0 unspecified atom stereocenters. The molecule has 1 atom stereocenters. The molecule has 0 spiro atoms. The third kappa shape index (κ3) is 2.03. The zero-order chi connectivity index (χ0) is 13.3. The Bertz CT molecular complexity index is 644. The van der Waals surface area contributed by atoms with Gasteiger partial charge in [0.15, 0.2) is 0 Å². The Morgan fingerprint density at radius 2 is 2.33 bits per heavy atom. The zero-order valence-corrected chi connectivity index (χ0v) is 11.3. The molecule has 0 amide bonds. The largest absolute Gasteiger partial charge is 0.467 e. The van der Waals surface area contributed by atoms with Crippen molar-refractivity contribution in [2.75, 3.05) is 7.11 Å². The van der Waals surface area contributed by atoms with Gasteiger partial charge in [-0.1, -0.05) is 6.92 Å². The number of nitrogens with zero attached hydrogens (tertiary/aromatic N) is 2. The maximum absolute atomic E-state index is 12.2. The lowest BCUT2D eigenvalue weighted by Gasteiger charge is -2.11. The molecular weight excluding hydrogens is 252 g/mol. The van der Waals surface area contributed by atoms with Crippen LogP contribution in [0.1, 0.15) is 24.8 Å². The summed E-state index contributed by atoms with van der Waals surface area (Å²) in [5, 5.41) is 0.565. The van der Waals surface area contributed by atoms with Crippen LogP contribution in [0.5, 0.6) is 0 Å². The van der Waals surface area contributed by atoms with Crippen LogP contribution >= 0.6 is 11.3 Å². The van der Waals surface area contributed by atoms with Crippen LogP contribution in [0.3, 0.4) is 0 Å². The van der Waals surface area contributed by atoms with Gasteiger partial charge < -0.3 is 4.74 Å². The van der Waals surface area contributed by atoms with E-state index in [1.54, 1.807) is 6.92 Å². The van der Waals surface area contributed by atoms with Crippen LogP contribution in [-0.4, -0.2) is 22.6 Å². The lowest BCUT2D eigenvalue weighted by atomic mass is 10.3. The minimum Gasteiger partial charge on any atom is -0.467 e. The van der Waals surface area contributed by atoms with E-state index in [1.165, 1.54) is 29.3 Å².